The van der Waals surface area contributed by atoms with Crippen LogP contribution in [-0.4, -0.2) is 0 Å². The molecule has 0 aliphatic heterocycles. The second-order valence-corrected chi connectivity index (χ2v) is 5.24. The maximum Gasteiger partial charge on any atom is 0.137 e. The van der Waals surface area contributed by atoms with Gasteiger partial charge in [0.2, 0.25) is 0 Å². The minimum absolute atomic E-state index is 0.280. The summed E-state index contributed by atoms with van der Waals surface area (Å²) in [6, 6.07) is 10.3. The number of hydrogen-bond donors (Lipinski definition) is 0. The minimum Gasteiger partial charge on any atom is -0.489 e. The van der Waals surface area contributed by atoms with Crippen molar-refractivity contribution < 1.29 is 9.13 Å². The van der Waals surface area contributed by atoms with E-state index in [0.29, 0.717) is 16.1 Å². The Morgan fingerprint density at radius 2 is 2.00 bits per heavy atom. The van der Waals surface area contributed by atoms with Crippen LogP contribution in [-0.2, 0) is 6.61 Å². The molecule has 0 saturated carbocycles. The van der Waals surface area contributed by atoms with E-state index in [4.69, 9.17) is 16.3 Å². The molecule has 0 aliphatic carbocycles. The highest BCUT2D eigenvalue weighted by Crippen LogP contribution is 2.24. The van der Waals surface area contributed by atoms with E-state index in [-0.39, 0.29) is 5.82 Å². The van der Waals surface area contributed by atoms with Gasteiger partial charge in [-0.1, -0.05) is 23.7 Å². The van der Waals surface area contributed by atoms with Crippen LogP contribution in [0.1, 0.15) is 11.1 Å². The van der Waals surface area contributed by atoms with Gasteiger partial charge >= 0.3 is 0 Å². The van der Waals surface area contributed by atoms with Crippen LogP contribution in [0.3, 0.4) is 0 Å². The molecule has 0 atom stereocenters. The topological polar surface area (TPSA) is 9.23 Å². The van der Waals surface area contributed by atoms with Gasteiger partial charge in [0, 0.05) is 5.02 Å². The summed E-state index contributed by atoms with van der Waals surface area (Å²) in [6.45, 7) is 2.33. The van der Waals surface area contributed by atoms with Gasteiger partial charge in [0.15, 0.2) is 0 Å². The molecule has 94 valence electrons. The first kappa shape index (κ1) is 13.4. The molecule has 1 nitrogen and oxygen atoms in total. The Labute approximate surface area is 119 Å². The Bertz CT molecular complexity index is 572. The summed E-state index contributed by atoms with van der Waals surface area (Å²) < 4.78 is 19.2. The molecule has 0 radical (unpaired) electrons. The summed E-state index contributed by atoms with van der Waals surface area (Å²) >= 11 is 9.05. The summed E-state index contributed by atoms with van der Waals surface area (Å²) in [7, 11) is 0. The maximum absolute atomic E-state index is 13.1. The highest BCUT2D eigenvalue weighted by molar-refractivity contribution is 9.10. The average Bonchev–Trinajstić information content (AvgIpc) is 2.34. The van der Waals surface area contributed by atoms with Gasteiger partial charge in [-0.25, -0.2) is 4.39 Å². The molecule has 0 heterocycles. The van der Waals surface area contributed by atoms with E-state index in [1.54, 1.807) is 18.2 Å². The van der Waals surface area contributed by atoms with E-state index in [1.807, 2.05) is 19.1 Å². The number of rotatable bonds is 3. The Balaban J connectivity index is 2.11. The maximum atomic E-state index is 13.1. The van der Waals surface area contributed by atoms with Gasteiger partial charge in [0.1, 0.15) is 18.2 Å². The predicted octanol–water partition coefficient (Wildman–Crippen LogP) is 5.13. The molecule has 0 bridgehead atoms. The van der Waals surface area contributed by atoms with E-state index in [2.05, 4.69) is 15.9 Å². The lowest BCUT2D eigenvalue weighted by Crippen LogP contribution is -1.97. The summed E-state index contributed by atoms with van der Waals surface area (Å²) in [5.41, 5.74) is 1.91. The molecule has 0 aromatic heterocycles. The molecule has 2 rings (SSSR count). The zero-order valence-electron chi connectivity index (χ0n) is 9.71. The molecule has 0 fully saturated rings. The monoisotopic (exact) mass is 328 g/mol. The fourth-order valence-corrected chi connectivity index (χ4v) is 2.11. The summed E-state index contributed by atoms with van der Waals surface area (Å²) in [5.74, 6) is 0.459. The second-order valence-electron chi connectivity index (χ2n) is 3.95. The second kappa shape index (κ2) is 5.72. The van der Waals surface area contributed by atoms with E-state index >= 15 is 0 Å². The third-order valence-electron chi connectivity index (χ3n) is 2.53. The van der Waals surface area contributed by atoms with Crippen molar-refractivity contribution >= 4 is 27.5 Å². The van der Waals surface area contributed by atoms with Crippen molar-refractivity contribution in [3.8, 4) is 5.75 Å². The smallest absolute Gasteiger partial charge is 0.137 e. The molecular formula is C14H11BrClFO. The van der Waals surface area contributed by atoms with Crippen molar-refractivity contribution in [2.75, 3.05) is 0 Å². The lowest BCUT2D eigenvalue weighted by Gasteiger charge is -2.10. The van der Waals surface area contributed by atoms with Crippen molar-refractivity contribution in [2.45, 2.75) is 13.5 Å². The van der Waals surface area contributed by atoms with Crippen LogP contribution in [0.2, 0.25) is 5.02 Å². The van der Waals surface area contributed by atoms with Gasteiger partial charge in [0.05, 0.1) is 4.47 Å². The number of benzene rings is 2. The molecule has 0 spiro atoms. The first-order valence-electron chi connectivity index (χ1n) is 5.39. The molecule has 2 aromatic carbocycles. The van der Waals surface area contributed by atoms with E-state index < -0.39 is 0 Å². The van der Waals surface area contributed by atoms with Crippen LogP contribution in [0.15, 0.2) is 40.9 Å². The van der Waals surface area contributed by atoms with Gasteiger partial charge in [-0.05, 0) is 58.2 Å². The third kappa shape index (κ3) is 3.24. The number of hydrogen-bond acceptors (Lipinski definition) is 1. The Hall–Kier alpha value is -1.06. The van der Waals surface area contributed by atoms with Crippen molar-refractivity contribution in [3.05, 3.63) is 62.8 Å². The lowest BCUT2D eigenvalue weighted by molar-refractivity contribution is 0.304. The number of ether oxygens (including phenoxy) is 1. The molecule has 0 N–H and O–H groups in total. The van der Waals surface area contributed by atoms with Crippen molar-refractivity contribution in [3.63, 3.8) is 0 Å². The Kier molecular flexibility index (Phi) is 4.25. The van der Waals surface area contributed by atoms with Gasteiger partial charge in [-0.2, -0.15) is 0 Å². The molecule has 0 aliphatic rings. The van der Waals surface area contributed by atoms with Crippen LogP contribution in [0, 0.1) is 12.7 Å². The normalized spacial score (nSPS) is 10.4. The predicted molar refractivity (Wildman–Crippen MR) is 74.6 cm³/mol. The lowest BCUT2D eigenvalue weighted by atomic mass is 10.2. The van der Waals surface area contributed by atoms with Crippen LogP contribution >= 0.6 is 27.5 Å². The molecular weight excluding hydrogens is 319 g/mol. The van der Waals surface area contributed by atoms with Crippen LogP contribution < -0.4 is 4.74 Å². The quantitative estimate of drug-likeness (QED) is 0.758. The third-order valence-corrected chi connectivity index (χ3v) is 3.37. The number of halogens is 3. The zero-order chi connectivity index (χ0) is 13.1. The summed E-state index contributed by atoms with van der Waals surface area (Å²) in [6.07, 6.45) is 0. The highest BCUT2D eigenvalue weighted by atomic mass is 79.9. The van der Waals surface area contributed by atoms with E-state index in [9.17, 15) is 4.39 Å². The largest absolute Gasteiger partial charge is 0.489 e. The van der Waals surface area contributed by atoms with Crippen LogP contribution in [0.4, 0.5) is 4.39 Å². The standard InChI is InChI=1S/C14H11BrClFO/c1-9-2-4-11(16)7-14(9)18-8-10-3-5-13(17)12(15)6-10/h2-7H,8H2,1H3. The molecule has 2 aromatic rings. The molecule has 4 heteroatoms. The van der Waals surface area contributed by atoms with Gasteiger partial charge in [0.25, 0.3) is 0 Å². The molecule has 0 saturated heterocycles. The van der Waals surface area contributed by atoms with Gasteiger partial charge < -0.3 is 4.74 Å². The highest BCUT2D eigenvalue weighted by Gasteiger charge is 2.04. The summed E-state index contributed by atoms with van der Waals surface area (Å²) in [5, 5.41) is 0.635. The van der Waals surface area contributed by atoms with E-state index in [1.165, 1.54) is 6.07 Å². The Morgan fingerprint density at radius 3 is 2.72 bits per heavy atom. The first-order chi connectivity index (χ1) is 8.56. The van der Waals surface area contributed by atoms with Crippen LogP contribution in [0.5, 0.6) is 5.75 Å². The fraction of sp³-hybridized carbons (Fsp3) is 0.143. The first-order valence-corrected chi connectivity index (χ1v) is 6.56. The molecule has 0 amide bonds. The average molecular weight is 330 g/mol. The SMILES string of the molecule is Cc1ccc(Cl)cc1OCc1ccc(F)c(Br)c1. The fourth-order valence-electron chi connectivity index (χ4n) is 1.52. The molecule has 0 unspecified atom stereocenters. The van der Waals surface area contributed by atoms with Crippen LogP contribution in [0.25, 0.3) is 0 Å². The molecule has 18 heavy (non-hydrogen) atoms. The van der Waals surface area contributed by atoms with Gasteiger partial charge in [-0.15, -0.1) is 0 Å². The van der Waals surface area contributed by atoms with Gasteiger partial charge in [-0.3, -0.25) is 0 Å². The minimum atomic E-state index is -0.280. The number of aryl methyl sites for hydroxylation is 1. The Morgan fingerprint density at radius 1 is 1.22 bits per heavy atom. The van der Waals surface area contributed by atoms with Crippen molar-refractivity contribution in [1.82, 2.24) is 0 Å². The van der Waals surface area contributed by atoms with Crippen molar-refractivity contribution in [2.24, 2.45) is 0 Å². The zero-order valence-corrected chi connectivity index (χ0v) is 12.1. The van der Waals surface area contributed by atoms with Crippen molar-refractivity contribution in [1.29, 1.82) is 0 Å². The summed E-state index contributed by atoms with van der Waals surface area (Å²) in [4.78, 5) is 0. The van der Waals surface area contributed by atoms with E-state index in [0.717, 1.165) is 16.9 Å².